The Morgan fingerprint density at radius 3 is 2.33 bits per heavy atom. The quantitative estimate of drug-likeness (QED) is 0.602. The highest BCUT2D eigenvalue weighted by molar-refractivity contribution is 6.03. The van der Waals surface area contributed by atoms with Crippen LogP contribution >= 0.6 is 0 Å². The van der Waals surface area contributed by atoms with Crippen molar-refractivity contribution in [2.24, 2.45) is 0 Å². The van der Waals surface area contributed by atoms with Crippen LogP contribution in [0, 0.1) is 5.82 Å². The van der Waals surface area contributed by atoms with E-state index in [0.717, 1.165) is 0 Å². The molecule has 1 saturated heterocycles. The molecule has 0 bridgehead atoms. The second kappa shape index (κ2) is 10.1. The Labute approximate surface area is 190 Å². The summed E-state index contributed by atoms with van der Waals surface area (Å²) in [5.74, 6) is -0.899. The van der Waals surface area contributed by atoms with Gasteiger partial charge in [0.1, 0.15) is 5.82 Å². The molecule has 2 aromatic carbocycles. The summed E-state index contributed by atoms with van der Waals surface area (Å²) < 4.78 is 18.1. The molecule has 1 aliphatic rings. The molecule has 9 heteroatoms. The maximum absolute atomic E-state index is 13.0. The first kappa shape index (κ1) is 22.2. The van der Waals surface area contributed by atoms with Gasteiger partial charge in [0, 0.05) is 43.1 Å². The molecule has 0 aliphatic carbocycles. The van der Waals surface area contributed by atoms with Crippen molar-refractivity contribution < 1.29 is 23.2 Å². The van der Waals surface area contributed by atoms with Crippen LogP contribution in [0.15, 0.2) is 71.3 Å². The van der Waals surface area contributed by atoms with Gasteiger partial charge in [-0.25, -0.2) is 4.39 Å². The minimum Gasteiger partial charge on any atom is -0.459 e. The largest absolute Gasteiger partial charge is 0.459 e. The Morgan fingerprint density at radius 2 is 1.64 bits per heavy atom. The average Bonchev–Trinajstić information content (AvgIpc) is 3.36. The molecule has 3 amide bonds. The molecule has 1 fully saturated rings. The van der Waals surface area contributed by atoms with Gasteiger partial charge in [-0.3, -0.25) is 19.3 Å². The fraction of sp³-hybridized carbons (Fsp3) is 0.208. The van der Waals surface area contributed by atoms with Gasteiger partial charge < -0.3 is 20.0 Å². The molecule has 2 heterocycles. The van der Waals surface area contributed by atoms with Crippen LogP contribution in [0.4, 0.5) is 15.8 Å². The highest BCUT2D eigenvalue weighted by Crippen LogP contribution is 2.16. The van der Waals surface area contributed by atoms with Crippen LogP contribution in [0.1, 0.15) is 20.9 Å². The van der Waals surface area contributed by atoms with E-state index in [1.54, 1.807) is 41.3 Å². The van der Waals surface area contributed by atoms with E-state index in [1.807, 2.05) is 4.90 Å². The van der Waals surface area contributed by atoms with Crippen LogP contribution in [0.3, 0.4) is 0 Å². The van der Waals surface area contributed by atoms with E-state index in [0.29, 0.717) is 43.1 Å². The average molecular weight is 450 g/mol. The number of hydrogen-bond donors (Lipinski definition) is 2. The number of benzene rings is 2. The van der Waals surface area contributed by atoms with Crippen LogP contribution in [-0.2, 0) is 4.79 Å². The third-order valence-electron chi connectivity index (χ3n) is 5.27. The Morgan fingerprint density at radius 1 is 0.879 bits per heavy atom. The molecule has 1 aliphatic heterocycles. The summed E-state index contributed by atoms with van der Waals surface area (Å²) >= 11 is 0. The van der Waals surface area contributed by atoms with Gasteiger partial charge in [0.05, 0.1) is 12.8 Å². The fourth-order valence-corrected chi connectivity index (χ4v) is 3.56. The van der Waals surface area contributed by atoms with Gasteiger partial charge in [0.15, 0.2) is 5.76 Å². The number of piperazine rings is 1. The molecular weight excluding hydrogens is 427 g/mol. The number of halogens is 1. The number of rotatable bonds is 6. The smallest absolute Gasteiger partial charge is 0.291 e. The van der Waals surface area contributed by atoms with Crippen molar-refractivity contribution in [2.45, 2.75) is 0 Å². The summed E-state index contributed by atoms with van der Waals surface area (Å²) in [6.45, 7) is 2.25. The van der Waals surface area contributed by atoms with E-state index in [-0.39, 0.29) is 29.9 Å². The van der Waals surface area contributed by atoms with Gasteiger partial charge >= 0.3 is 0 Å². The minimum absolute atomic E-state index is 0.139. The molecule has 2 N–H and O–H groups in total. The summed E-state index contributed by atoms with van der Waals surface area (Å²) in [5.41, 5.74) is 1.50. The first-order valence-electron chi connectivity index (χ1n) is 10.5. The zero-order valence-corrected chi connectivity index (χ0v) is 17.8. The van der Waals surface area contributed by atoms with E-state index in [9.17, 15) is 18.8 Å². The SMILES string of the molecule is O=C(CN1CCN(C(=O)c2cccc(NC(=O)c3ccco3)c2)CC1)Nc1ccc(F)cc1. The van der Waals surface area contributed by atoms with Crippen molar-refractivity contribution in [3.63, 3.8) is 0 Å². The van der Waals surface area contributed by atoms with Crippen LogP contribution < -0.4 is 10.6 Å². The van der Waals surface area contributed by atoms with Crippen LogP contribution in [0.5, 0.6) is 0 Å². The van der Waals surface area contributed by atoms with Gasteiger partial charge in [-0.05, 0) is 54.6 Å². The Bertz CT molecular complexity index is 1120. The number of carbonyl (C=O) groups is 3. The molecule has 0 spiro atoms. The van der Waals surface area contributed by atoms with E-state index in [1.165, 1.54) is 30.5 Å². The lowest BCUT2D eigenvalue weighted by atomic mass is 10.1. The summed E-state index contributed by atoms with van der Waals surface area (Å²) in [5, 5.41) is 5.46. The standard InChI is InChI=1S/C24H23FN4O4/c25-18-6-8-19(9-7-18)26-22(30)16-28-10-12-29(13-11-28)24(32)17-3-1-4-20(15-17)27-23(31)21-5-2-14-33-21/h1-9,14-15H,10-13,16H2,(H,26,30)(H,27,31). The Balaban J connectivity index is 1.28. The lowest BCUT2D eigenvalue weighted by Crippen LogP contribution is -2.50. The maximum atomic E-state index is 13.0. The predicted molar refractivity (Wildman–Crippen MR) is 120 cm³/mol. The molecule has 3 aromatic rings. The first-order chi connectivity index (χ1) is 16.0. The van der Waals surface area contributed by atoms with Crippen molar-refractivity contribution in [1.29, 1.82) is 0 Å². The van der Waals surface area contributed by atoms with E-state index in [2.05, 4.69) is 10.6 Å². The third-order valence-corrected chi connectivity index (χ3v) is 5.27. The van der Waals surface area contributed by atoms with Gasteiger partial charge in [-0.15, -0.1) is 0 Å². The number of anilines is 2. The highest BCUT2D eigenvalue weighted by atomic mass is 19.1. The van der Waals surface area contributed by atoms with Crippen molar-refractivity contribution >= 4 is 29.1 Å². The summed E-state index contributed by atoms with van der Waals surface area (Å²) in [6.07, 6.45) is 1.42. The maximum Gasteiger partial charge on any atom is 0.291 e. The zero-order chi connectivity index (χ0) is 23.2. The van der Waals surface area contributed by atoms with E-state index in [4.69, 9.17) is 4.42 Å². The Kier molecular flexibility index (Phi) is 6.80. The van der Waals surface area contributed by atoms with Crippen molar-refractivity contribution in [1.82, 2.24) is 9.80 Å². The van der Waals surface area contributed by atoms with Gasteiger partial charge in [-0.2, -0.15) is 0 Å². The van der Waals surface area contributed by atoms with Crippen molar-refractivity contribution in [3.8, 4) is 0 Å². The molecule has 0 atom stereocenters. The lowest BCUT2D eigenvalue weighted by molar-refractivity contribution is -0.117. The monoisotopic (exact) mass is 450 g/mol. The summed E-state index contributed by atoms with van der Waals surface area (Å²) in [4.78, 5) is 41.0. The second-order valence-electron chi connectivity index (χ2n) is 7.64. The number of nitrogens with one attached hydrogen (secondary N) is 2. The summed E-state index contributed by atoms with van der Waals surface area (Å²) in [7, 11) is 0. The van der Waals surface area contributed by atoms with E-state index >= 15 is 0 Å². The topological polar surface area (TPSA) is 94.9 Å². The molecule has 33 heavy (non-hydrogen) atoms. The highest BCUT2D eigenvalue weighted by Gasteiger charge is 2.23. The molecule has 0 radical (unpaired) electrons. The zero-order valence-electron chi connectivity index (χ0n) is 17.8. The number of nitrogens with zero attached hydrogens (tertiary/aromatic N) is 2. The predicted octanol–water partition coefficient (Wildman–Crippen LogP) is 3.07. The number of furan rings is 1. The molecule has 8 nitrogen and oxygen atoms in total. The third kappa shape index (κ3) is 5.83. The van der Waals surface area contributed by atoms with Gasteiger partial charge in [0.2, 0.25) is 5.91 Å². The van der Waals surface area contributed by atoms with Crippen molar-refractivity contribution in [3.05, 3.63) is 84.1 Å². The minimum atomic E-state index is -0.392. The summed E-state index contributed by atoms with van der Waals surface area (Å²) in [6, 6.07) is 15.5. The van der Waals surface area contributed by atoms with E-state index < -0.39 is 5.91 Å². The lowest BCUT2D eigenvalue weighted by Gasteiger charge is -2.34. The van der Waals surface area contributed by atoms with Crippen molar-refractivity contribution in [2.75, 3.05) is 43.4 Å². The normalized spacial score (nSPS) is 14.0. The molecule has 1 aromatic heterocycles. The number of hydrogen-bond acceptors (Lipinski definition) is 5. The molecule has 0 unspecified atom stereocenters. The molecular formula is C24H23FN4O4. The second-order valence-corrected chi connectivity index (χ2v) is 7.64. The molecule has 170 valence electrons. The van der Waals surface area contributed by atoms with Gasteiger partial charge in [-0.1, -0.05) is 6.07 Å². The van der Waals surface area contributed by atoms with Gasteiger partial charge in [0.25, 0.3) is 11.8 Å². The molecule has 4 rings (SSSR count). The van der Waals surface area contributed by atoms with Crippen LogP contribution in [0.2, 0.25) is 0 Å². The van der Waals surface area contributed by atoms with Crippen LogP contribution in [-0.4, -0.2) is 60.2 Å². The first-order valence-corrected chi connectivity index (χ1v) is 10.5. The van der Waals surface area contributed by atoms with Crippen LogP contribution in [0.25, 0.3) is 0 Å². The number of carbonyl (C=O) groups excluding carboxylic acids is 3. The fourth-order valence-electron chi connectivity index (χ4n) is 3.56. The molecule has 0 saturated carbocycles. The Hall–Kier alpha value is -3.98. The number of amides is 3.